The van der Waals surface area contributed by atoms with Crippen molar-refractivity contribution in [3.8, 4) is 0 Å². The molecule has 2 saturated heterocycles. The molecule has 2 aliphatic rings. The van der Waals surface area contributed by atoms with E-state index in [9.17, 15) is 4.79 Å². The number of hydrogen-bond donors (Lipinski definition) is 1. The van der Waals surface area contributed by atoms with E-state index in [1.54, 1.807) is 0 Å². The van der Waals surface area contributed by atoms with Crippen LogP contribution in [0.3, 0.4) is 0 Å². The first-order valence-corrected chi connectivity index (χ1v) is 11.8. The minimum Gasteiger partial charge on any atom is -0.357 e. The Labute approximate surface area is 214 Å². The fraction of sp³-hybridized carbons (Fsp3) is 0.480. The molecule has 1 unspecified atom stereocenters. The van der Waals surface area contributed by atoms with E-state index < -0.39 is 0 Å². The van der Waals surface area contributed by atoms with Gasteiger partial charge in [0.2, 0.25) is 5.91 Å². The van der Waals surface area contributed by atoms with Crippen molar-refractivity contribution in [1.29, 1.82) is 0 Å². The maximum atomic E-state index is 12.7. The van der Waals surface area contributed by atoms with Gasteiger partial charge in [-0.1, -0.05) is 36.4 Å². The van der Waals surface area contributed by atoms with Crippen molar-refractivity contribution in [3.63, 3.8) is 0 Å². The average Bonchev–Trinajstić information content (AvgIpc) is 3.35. The van der Waals surface area contributed by atoms with Crippen molar-refractivity contribution in [2.24, 2.45) is 4.99 Å². The van der Waals surface area contributed by atoms with E-state index in [-0.39, 0.29) is 29.9 Å². The summed E-state index contributed by atoms with van der Waals surface area (Å²) >= 11 is 0. The molecule has 0 saturated carbocycles. The largest absolute Gasteiger partial charge is 0.357 e. The summed E-state index contributed by atoms with van der Waals surface area (Å²) in [6, 6.07) is 16.7. The Hall–Kier alpha value is -2.36. The van der Waals surface area contributed by atoms with Crippen LogP contribution in [0, 0.1) is 0 Å². The third-order valence-electron chi connectivity index (χ3n) is 6.29. The van der Waals surface area contributed by atoms with E-state index in [1.165, 1.54) is 5.56 Å². The van der Waals surface area contributed by atoms with Gasteiger partial charge in [-0.15, -0.1) is 24.0 Å². The molecule has 178 valence electrons. The summed E-state index contributed by atoms with van der Waals surface area (Å²) in [7, 11) is 0. The van der Waals surface area contributed by atoms with Crippen LogP contribution in [0.25, 0.3) is 0 Å². The smallest absolute Gasteiger partial charge is 0.224 e. The van der Waals surface area contributed by atoms with E-state index >= 15 is 0 Å². The number of halogens is 1. The number of pyridine rings is 1. The number of anilines is 1. The van der Waals surface area contributed by atoms with Gasteiger partial charge in [-0.25, -0.2) is 4.98 Å². The summed E-state index contributed by atoms with van der Waals surface area (Å²) < 4.78 is 0. The fourth-order valence-electron chi connectivity index (χ4n) is 4.52. The van der Waals surface area contributed by atoms with Crippen LogP contribution in [-0.4, -0.2) is 79.0 Å². The van der Waals surface area contributed by atoms with Gasteiger partial charge in [-0.2, -0.15) is 0 Å². The van der Waals surface area contributed by atoms with Gasteiger partial charge in [0.1, 0.15) is 5.82 Å². The molecule has 1 aromatic carbocycles. The molecule has 2 aliphatic heterocycles. The molecular weight excluding hydrogens is 527 g/mol. The van der Waals surface area contributed by atoms with Crippen molar-refractivity contribution in [3.05, 3.63) is 60.3 Å². The lowest BCUT2D eigenvalue weighted by Crippen LogP contribution is -2.49. The average molecular weight is 563 g/mol. The Morgan fingerprint density at radius 3 is 2.48 bits per heavy atom. The highest BCUT2D eigenvalue weighted by atomic mass is 127. The van der Waals surface area contributed by atoms with Gasteiger partial charge < -0.3 is 20.0 Å². The van der Waals surface area contributed by atoms with Crippen LogP contribution in [0.2, 0.25) is 0 Å². The van der Waals surface area contributed by atoms with Crippen molar-refractivity contribution in [1.82, 2.24) is 20.1 Å². The van der Waals surface area contributed by atoms with Crippen LogP contribution >= 0.6 is 24.0 Å². The molecule has 8 heteroatoms. The first kappa shape index (κ1) is 25.3. The van der Waals surface area contributed by atoms with E-state index in [2.05, 4.69) is 57.4 Å². The van der Waals surface area contributed by atoms with Gasteiger partial charge in [0.15, 0.2) is 5.96 Å². The molecule has 0 aliphatic carbocycles. The zero-order valence-electron chi connectivity index (χ0n) is 19.4. The van der Waals surface area contributed by atoms with E-state index in [4.69, 9.17) is 4.99 Å². The molecule has 1 atom stereocenters. The molecule has 4 rings (SSSR count). The minimum atomic E-state index is 0. The van der Waals surface area contributed by atoms with E-state index in [1.807, 2.05) is 29.3 Å². The van der Waals surface area contributed by atoms with Crippen LogP contribution in [0.1, 0.15) is 31.2 Å². The standard InChI is InChI=1S/C25H34N6O.HI/c1-2-26-25(31-15-12-22(20-31)21-8-4-3-5-9-21)28-14-11-24(32)30-18-16-29(17-19-30)23-10-6-7-13-27-23;/h3-10,13,22H,2,11-12,14-20H2,1H3,(H,26,28);1H. The molecule has 1 N–H and O–H groups in total. The van der Waals surface area contributed by atoms with Gasteiger partial charge in [0, 0.05) is 64.3 Å². The van der Waals surface area contributed by atoms with Crippen LogP contribution in [0.15, 0.2) is 59.7 Å². The van der Waals surface area contributed by atoms with Crippen molar-refractivity contribution < 1.29 is 4.79 Å². The van der Waals surface area contributed by atoms with Gasteiger partial charge in [-0.05, 0) is 31.0 Å². The lowest BCUT2D eigenvalue weighted by atomic mass is 9.99. The lowest BCUT2D eigenvalue weighted by Gasteiger charge is -2.35. The number of hydrogen-bond acceptors (Lipinski definition) is 4. The van der Waals surface area contributed by atoms with Gasteiger partial charge in [0.05, 0.1) is 6.54 Å². The summed E-state index contributed by atoms with van der Waals surface area (Å²) in [6.45, 7) is 8.53. The van der Waals surface area contributed by atoms with E-state index in [0.717, 1.165) is 64.0 Å². The number of aromatic nitrogens is 1. The number of likely N-dealkylation sites (tertiary alicyclic amines) is 1. The Morgan fingerprint density at radius 2 is 1.79 bits per heavy atom. The predicted octanol–water partition coefficient (Wildman–Crippen LogP) is 3.19. The number of nitrogens with one attached hydrogen (secondary N) is 1. The van der Waals surface area contributed by atoms with Crippen molar-refractivity contribution in [2.75, 3.05) is 57.3 Å². The highest BCUT2D eigenvalue weighted by molar-refractivity contribution is 14.0. The highest BCUT2D eigenvalue weighted by Gasteiger charge is 2.26. The fourth-order valence-corrected chi connectivity index (χ4v) is 4.52. The van der Waals surface area contributed by atoms with Crippen LogP contribution < -0.4 is 10.2 Å². The number of guanidine groups is 1. The van der Waals surface area contributed by atoms with E-state index in [0.29, 0.717) is 18.9 Å². The Morgan fingerprint density at radius 1 is 1.03 bits per heavy atom. The molecular formula is C25H35IN6O. The number of carbonyl (C=O) groups excluding carboxylic acids is 1. The van der Waals surface area contributed by atoms with Crippen LogP contribution in [-0.2, 0) is 4.79 Å². The first-order chi connectivity index (χ1) is 15.7. The summed E-state index contributed by atoms with van der Waals surface area (Å²) in [5.74, 6) is 2.64. The maximum absolute atomic E-state index is 12.7. The minimum absolute atomic E-state index is 0. The summed E-state index contributed by atoms with van der Waals surface area (Å²) in [5, 5.41) is 3.41. The molecule has 3 heterocycles. The SMILES string of the molecule is CCNC(=NCCC(=O)N1CCN(c2ccccn2)CC1)N1CCC(c2ccccc2)C1.I. The number of piperazine rings is 1. The number of carbonyl (C=O) groups is 1. The zero-order chi connectivity index (χ0) is 22.2. The van der Waals surface area contributed by atoms with Crippen molar-refractivity contribution in [2.45, 2.75) is 25.7 Å². The van der Waals surface area contributed by atoms with Crippen LogP contribution in [0.5, 0.6) is 0 Å². The molecule has 2 aromatic rings. The molecule has 0 spiro atoms. The molecule has 33 heavy (non-hydrogen) atoms. The van der Waals surface area contributed by atoms with Crippen LogP contribution in [0.4, 0.5) is 5.82 Å². The molecule has 0 radical (unpaired) electrons. The summed E-state index contributed by atoms with van der Waals surface area (Å²) in [5.41, 5.74) is 1.39. The highest BCUT2D eigenvalue weighted by Crippen LogP contribution is 2.26. The summed E-state index contributed by atoms with van der Waals surface area (Å²) in [6.07, 6.45) is 3.40. The number of nitrogens with zero attached hydrogens (tertiary/aromatic N) is 5. The second-order valence-corrected chi connectivity index (χ2v) is 8.38. The Kier molecular flexibility index (Phi) is 9.77. The maximum Gasteiger partial charge on any atom is 0.224 e. The second-order valence-electron chi connectivity index (χ2n) is 8.38. The Balaban J connectivity index is 0.00000306. The third-order valence-corrected chi connectivity index (χ3v) is 6.29. The monoisotopic (exact) mass is 562 g/mol. The molecule has 7 nitrogen and oxygen atoms in total. The molecule has 1 aromatic heterocycles. The lowest BCUT2D eigenvalue weighted by molar-refractivity contribution is -0.131. The quantitative estimate of drug-likeness (QED) is 0.333. The second kappa shape index (κ2) is 12.8. The van der Waals surface area contributed by atoms with Crippen molar-refractivity contribution >= 4 is 41.7 Å². The molecule has 2 fully saturated rings. The number of benzene rings is 1. The topological polar surface area (TPSA) is 64.1 Å². The third kappa shape index (κ3) is 6.82. The molecule has 1 amide bonds. The molecule has 0 bridgehead atoms. The number of rotatable bonds is 6. The Bertz CT molecular complexity index is 886. The first-order valence-electron chi connectivity index (χ1n) is 11.8. The predicted molar refractivity (Wildman–Crippen MR) is 144 cm³/mol. The number of amides is 1. The van der Waals surface area contributed by atoms with Gasteiger partial charge in [0.25, 0.3) is 0 Å². The number of aliphatic imine (C=N–C) groups is 1. The van der Waals surface area contributed by atoms with Gasteiger partial charge >= 0.3 is 0 Å². The normalized spacial score (nSPS) is 18.8. The van der Waals surface area contributed by atoms with Gasteiger partial charge in [-0.3, -0.25) is 9.79 Å². The zero-order valence-corrected chi connectivity index (χ0v) is 21.7. The summed E-state index contributed by atoms with van der Waals surface area (Å²) in [4.78, 5) is 28.5.